The van der Waals surface area contributed by atoms with E-state index in [9.17, 15) is 0 Å². The Morgan fingerprint density at radius 2 is 1.88 bits per heavy atom. The maximum atomic E-state index is 5.75. The van der Waals surface area contributed by atoms with Gasteiger partial charge in [-0.3, -0.25) is 0 Å². The van der Waals surface area contributed by atoms with Crippen LogP contribution in [0, 0.1) is 0 Å². The molecule has 3 heteroatoms. The number of para-hydroxylation sites is 2. The minimum Gasteiger partial charge on any atom is -0.338 e. The van der Waals surface area contributed by atoms with Gasteiger partial charge in [-0.15, -0.1) is 0 Å². The number of fused-ring (bicyclic) bond motifs is 1. The molecule has 2 nitrogen and oxygen atoms in total. The van der Waals surface area contributed by atoms with Gasteiger partial charge in [0.25, 0.3) is 0 Å². The molecule has 0 saturated heterocycles. The van der Waals surface area contributed by atoms with Gasteiger partial charge >= 0.3 is 0 Å². The first-order valence-corrected chi connectivity index (χ1v) is 5.13. The average molecular weight is 204 g/mol. The molecule has 0 atom stereocenters. The number of aromatic amines is 1. The van der Waals surface area contributed by atoms with Gasteiger partial charge in [-0.25, -0.2) is 4.98 Å². The summed E-state index contributed by atoms with van der Waals surface area (Å²) in [5.74, 6) is 0.855. The maximum Gasteiger partial charge on any atom is 0.138 e. The van der Waals surface area contributed by atoms with E-state index in [-0.39, 0.29) is 0 Å². The summed E-state index contributed by atoms with van der Waals surface area (Å²) in [5.41, 5.74) is 3.77. The number of hydrogen-bond donors (Lipinski definition) is 1. The van der Waals surface area contributed by atoms with E-state index in [1.54, 1.807) is 0 Å². The highest BCUT2D eigenvalue weighted by atomic mass is 14.9. The maximum absolute atomic E-state index is 5.75. The molecule has 0 aliphatic heterocycles. The summed E-state index contributed by atoms with van der Waals surface area (Å²) in [6.45, 7) is 0. The van der Waals surface area contributed by atoms with E-state index in [4.69, 9.17) is 7.85 Å². The normalized spacial score (nSPS) is 10.8. The van der Waals surface area contributed by atoms with Gasteiger partial charge in [-0.05, 0) is 12.1 Å². The van der Waals surface area contributed by atoms with E-state index in [1.807, 2.05) is 48.5 Å². The van der Waals surface area contributed by atoms with Crippen molar-refractivity contribution in [2.24, 2.45) is 0 Å². The summed E-state index contributed by atoms with van der Waals surface area (Å²) in [4.78, 5) is 7.79. The lowest BCUT2D eigenvalue weighted by atomic mass is 9.94. The van der Waals surface area contributed by atoms with Gasteiger partial charge in [-0.2, -0.15) is 0 Å². The van der Waals surface area contributed by atoms with Crippen LogP contribution in [-0.4, -0.2) is 17.8 Å². The van der Waals surface area contributed by atoms with Crippen molar-refractivity contribution in [1.82, 2.24) is 9.97 Å². The smallest absolute Gasteiger partial charge is 0.138 e. The third-order valence-corrected chi connectivity index (χ3v) is 2.55. The molecular weight excluding hydrogens is 195 g/mol. The van der Waals surface area contributed by atoms with Crippen molar-refractivity contribution in [3.8, 4) is 11.4 Å². The highest BCUT2D eigenvalue weighted by molar-refractivity contribution is 6.32. The lowest BCUT2D eigenvalue weighted by Gasteiger charge is -1.97. The van der Waals surface area contributed by atoms with E-state index in [0.29, 0.717) is 0 Å². The molecule has 3 aromatic rings. The number of nitrogens with one attached hydrogen (secondary N) is 1. The monoisotopic (exact) mass is 204 g/mol. The van der Waals surface area contributed by atoms with E-state index in [1.165, 1.54) is 0 Å². The highest BCUT2D eigenvalue weighted by Gasteiger charge is 2.03. The Labute approximate surface area is 94.8 Å². The molecule has 3 rings (SSSR count). The van der Waals surface area contributed by atoms with Crippen molar-refractivity contribution < 1.29 is 0 Å². The predicted octanol–water partition coefficient (Wildman–Crippen LogP) is 2.02. The zero-order valence-electron chi connectivity index (χ0n) is 8.64. The van der Waals surface area contributed by atoms with Gasteiger partial charge in [-0.1, -0.05) is 41.9 Å². The number of imidazole rings is 1. The van der Waals surface area contributed by atoms with E-state index in [0.717, 1.165) is 27.9 Å². The molecule has 0 amide bonds. The molecule has 0 fully saturated rings. The van der Waals surface area contributed by atoms with E-state index < -0.39 is 0 Å². The van der Waals surface area contributed by atoms with Gasteiger partial charge in [0.05, 0.1) is 11.0 Å². The Morgan fingerprint density at radius 3 is 2.69 bits per heavy atom. The molecule has 0 spiro atoms. The minimum atomic E-state index is 0.748. The molecular formula is C13H9BN2. The van der Waals surface area contributed by atoms with Crippen LogP contribution in [-0.2, 0) is 0 Å². The fourth-order valence-corrected chi connectivity index (χ4v) is 1.78. The first kappa shape index (κ1) is 9.22. The quantitative estimate of drug-likeness (QED) is 0.603. The molecule has 0 aliphatic carbocycles. The van der Waals surface area contributed by atoms with Gasteiger partial charge < -0.3 is 4.98 Å². The molecule has 0 bridgehead atoms. The molecule has 1 heterocycles. The Kier molecular flexibility index (Phi) is 2.03. The number of rotatable bonds is 1. The van der Waals surface area contributed by atoms with Crippen molar-refractivity contribution in [2.45, 2.75) is 0 Å². The zero-order chi connectivity index (χ0) is 11.0. The zero-order valence-corrected chi connectivity index (χ0v) is 8.64. The molecule has 0 saturated carbocycles. The first-order valence-electron chi connectivity index (χ1n) is 5.13. The van der Waals surface area contributed by atoms with Crippen LogP contribution in [0.4, 0.5) is 0 Å². The first-order chi connectivity index (χ1) is 7.83. The van der Waals surface area contributed by atoms with Crippen LogP contribution in [0.2, 0.25) is 0 Å². The molecule has 74 valence electrons. The van der Waals surface area contributed by atoms with Crippen LogP contribution in [0.3, 0.4) is 0 Å². The third-order valence-electron chi connectivity index (χ3n) is 2.55. The summed E-state index contributed by atoms with van der Waals surface area (Å²) >= 11 is 0. The van der Waals surface area contributed by atoms with Crippen LogP contribution in [0.5, 0.6) is 0 Å². The van der Waals surface area contributed by atoms with Crippen LogP contribution in [0.25, 0.3) is 22.4 Å². The van der Waals surface area contributed by atoms with Crippen LogP contribution < -0.4 is 5.46 Å². The molecule has 1 aromatic heterocycles. The summed E-state index contributed by atoms with van der Waals surface area (Å²) in [7, 11) is 5.75. The lowest BCUT2D eigenvalue weighted by Crippen LogP contribution is -2.00. The number of hydrogen-bond acceptors (Lipinski definition) is 1. The number of benzene rings is 2. The Bertz CT molecular complexity index is 610. The molecule has 0 unspecified atom stereocenters. The van der Waals surface area contributed by atoms with Gasteiger partial charge in [0.1, 0.15) is 13.7 Å². The lowest BCUT2D eigenvalue weighted by molar-refractivity contribution is 1.34. The fraction of sp³-hybridized carbons (Fsp3) is 0. The number of aromatic nitrogens is 2. The summed E-state index contributed by atoms with van der Waals surface area (Å²) in [6.07, 6.45) is 0. The summed E-state index contributed by atoms with van der Waals surface area (Å²) in [6, 6.07) is 15.7. The summed E-state index contributed by atoms with van der Waals surface area (Å²) < 4.78 is 0. The SMILES string of the molecule is [B]c1cccc(-c2nc3ccccc3[nH]2)c1. The Morgan fingerprint density at radius 1 is 1.00 bits per heavy atom. The van der Waals surface area contributed by atoms with Crippen molar-refractivity contribution in [1.29, 1.82) is 0 Å². The standard InChI is InChI=1S/C13H9BN2/c14-10-5-3-4-9(8-10)13-15-11-6-1-2-7-12(11)16-13/h1-8H,(H,15,16). The summed E-state index contributed by atoms with van der Waals surface area (Å²) in [5, 5.41) is 0. The van der Waals surface area contributed by atoms with E-state index in [2.05, 4.69) is 9.97 Å². The van der Waals surface area contributed by atoms with Crippen LogP contribution in [0.1, 0.15) is 0 Å². The van der Waals surface area contributed by atoms with Gasteiger partial charge in [0.15, 0.2) is 0 Å². The van der Waals surface area contributed by atoms with Crippen molar-refractivity contribution >= 4 is 24.3 Å². The predicted molar refractivity (Wildman–Crippen MR) is 66.9 cm³/mol. The topological polar surface area (TPSA) is 28.7 Å². The van der Waals surface area contributed by atoms with Crippen molar-refractivity contribution in [2.75, 3.05) is 0 Å². The third kappa shape index (κ3) is 1.50. The molecule has 2 radical (unpaired) electrons. The number of nitrogens with zero attached hydrogens (tertiary/aromatic N) is 1. The van der Waals surface area contributed by atoms with Gasteiger partial charge in [0.2, 0.25) is 0 Å². The van der Waals surface area contributed by atoms with Crippen LogP contribution >= 0.6 is 0 Å². The average Bonchev–Trinajstić information content (AvgIpc) is 2.72. The molecule has 16 heavy (non-hydrogen) atoms. The van der Waals surface area contributed by atoms with Crippen molar-refractivity contribution in [3.05, 3.63) is 48.5 Å². The molecule has 0 aliphatic rings. The van der Waals surface area contributed by atoms with E-state index >= 15 is 0 Å². The second kappa shape index (κ2) is 3.52. The molecule has 2 aromatic carbocycles. The van der Waals surface area contributed by atoms with Crippen molar-refractivity contribution in [3.63, 3.8) is 0 Å². The van der Waals surface area contributed by atoms with Gasteiger partial charge in [0, 0.05) is 5.56 Å². The Hall–Kier alpha value is -2.03. The highest BCUT2D eigenvalue weighted by Crippen LogP contribution is 2.18. The second-order valence-electron chi connectivity index (χ2n) is 3.73. The van der Waals surface area contributed by atoms with Crippen LogP contribution in [0.15, 0.2) is 48.5 Å². The molecule has 1 N–H and O–H groups in total. The fourth-order valence-electron chi connectivity index (χ4n) is 1.78. The number of H-pyrrole nitrogens is 1. The Balaban J connectivity index is 2.19. The minimum absolute atomic E-state index is 0.748. The second-order valence-corrected chi connectivity index (χ2v) is 3.73. The largest absolute Gasteiger partial charge is 0.338 e.